The van der Waals surface area contributed by atoms with Crippen molar-refractivity contribution in [2.75, 3.05) is 12.3 Å². The highest BCUT2D eigenvalue weighted by atomic mass is 16.6. The number of hydrogen-bond donors (Lipinski definition) is 1. The van der Waals surface area contributed by atoms with Crippen LogP contribution in [0.2, 0.25) is 0 Å². The Morgan fingerprint density at radius 1 is 1.30 bits per heavy atom. The van der Waals surface area contributed by atoms with Crippen LogP contribution < -0.4 is 10.5 Å². The smallest absolute Gasteiger partial charge is 0.344 e. The molecule has 1 aliphatic carbocycles. The molecule has 0 heterocycles. The molecule has 0 spiro atoms. The monoisotopic (exact) mass is 277 g/mol. The first-order chi connectivity index (χ1) is 9.67. The van der Waals surface area contributed by atoms with E-state index in [9.17, 15) is 4.79 Å². The van der Waals surface area contributed by atoms with E-state index >= 15 is 0 Å². The Hall–Kier alpha value is -1.71. The Labute approximate surface area is 120 Å². The van der Waals surface area contributed by atoms with E-state index < -0.39 is 0 Å². The fourth-order valence-corrected chi connectivity index (χ4v) is 2.65. The van der Waals surface area contributed by atoms with Crippen LogP contribution in [0.25, 0.3) is 0 Å². The topological polar surface area (TPSA) is 61.5 Å². The van der Waals surface area contributed by atoms with Crippen LogP contribution in [0.5, 0.6) is 5.75 Å². The Balaban J connectivity index is 1.73. The normalized spacial score (nSPS) is 22.2. The van der Waals surface area contributed by atoms with Gasteiger partial charge in [-0.25, -0.2) is 4.79 Å². The van der Waals surface area contributed by atoms with Crippen LogP contribution in [0, 0.1) is 5.92 Å². The fourth-order valence-electron chi connectivity index (χ4n) is 2.65. The first-order valence-corrected chi connectivity index (χ1v) is 7.35. The first-order valence-electron chi connectivity index (χ1n) is 7.35. The van der Waals surface area contributed by atoms with E-state index in [1.54, 1.807) is 24.3 Å². The molecule has 110 valence electrons. The third-order valence-corrected chi connectivity index (χ3v) is 3.85. The zero-order valence-corrected chi connectivity index (χ0v) is 12.0. The summed E-state index contributed by atoms with van der Waals surface area (Å²) in [6, 6.07) is 6.98. The van der Waals surface area contributed by atoms with Gasteiger partial charge in [-0.05, 0) is 49.4 Å². The molecular formula is C16H23NO3. The van der Waals surface area contributed by atoms with E-state index in [1.165, 1.54) is 6.42 Å². The largest absolute Gasteiger partial charge is 0.482 e. The van der Waals surface area contributed by atoms with Crippen LogP contribution in [0.4, 0.5) is 5.69 Å². The molecular weight excluding hydrogens is 254 g/mol. The molecule has 1 fully saturated rings. The Bertz CT molecular complexity index is 430. The Morgan fingerprint density at radius 3 is 2.75 bits per heavy atom. The van der Waals surface area contributed by atoms with E-state index in [4.69, 9.17) is 15.2 Å². The minimum absolute atomic E-state index is 0.0444. The molecule has 2 atom stereocenters. The number of anilines is 1. The molecule has 2 unspecified atom stereocenters. The maximum atomic E-state index is 11.8. The molecule has 1 aromatic carbocycles. The quantitative estimate of drug-likeness (QED) is 0.663. The summed E-state index contributed by atoms with van der Waals surface area (Å²) < 4.78 is 10.9. The molecule has 4 nitrogen and oxygen atoms in total. The molecule has 0 bridgehead atoms. The summed E-state index contributed by atoms with van der Waals surface area (Å²) in [7, 11) is 0. The molecule has 1 aromatic rings. The number of benzene rings is 1. The third-order valence-electron chi connectivity index (χ3n) is 3.85. The van der Waals surface area contributed by atoms with Crippen molar-refractivity contribution in [3.05, 3.63) is 24.3 Å². The molecule has 2 N–H and O–H groups in total. The molecule has 0 radical (unpaired) electrons. The van der Waals surface area contributed by atoms with Crippen molar-refractivity contribution in [3.63, 3.8) is 0 Å². The van der Waals surface area contributed by atoms with Crippen LogP contribution in [-0.4, -0.2) is 18.7 Å². The molecule has 1 saturated carbocycles. The van der Waals surface area contributed by atoms with Gasteiger partial charge in [-0.2, -0.15) is 0 Å². The van der Waals surface area contributed by atoms with E-state index in [2.05, 4.69) is 6.92 Å². The summed E-state index contributed by atoms with van der Waals surface area (Å²) in [4.78, 5) is 11.8. The lowest BCUT2D eigenvalue weighted by Gasteiger charge is -2.28. The van der Waals surface area contributed by atoms with Gasteiger partial charge in [0, 0.05) is 5.69 Å². The number of ether oxygens (including phenoxy) is 2. The second-order valence-electron chi connectivity index (χ2n) is 5.41. The molecule has 0 aromatic heterocycles. The average molecular weight is 277 g/mol. The van der Waals surface area contributed by atoms with Gasteiger partial charge in [0.05, 0.1) is 0 Å². The summed E-state index contributed by atoms with van der Waals surface area (Å²) in [5, 5.41) is 0. The van der Waals surface area contributed by atoms with Crippen LogP contribution >= 0.6 is 0 Å². The van der Waals surface area contributed by atoms with Crippen molar-refractivity contribution in [2.45, 2.75) is 45.1 Å². The van der Waals surface area contributed by atoms with Crippen LogP contribution in [-0.2, 0) is 9.53 Å². The lowest BCUT2D eigenvalue weighted by molar-refractivity contribution is -0.153. The summed E-state index contributed by atoms with van der Waals surface area (Å²) in [6.45, 7) is 2.15. The van der Waals surface area contributed by atoms with Gasteiger partial charge in [-0.1, -0.05) is 19.8 Å². The number of rotatable bonds is 5. The van der Waals surface area contributed by atoms with E-state index in [1.807, 2.05) is 0 Å². The lowest BCUT2D eigenvalue weighted by Crippen LogP contribution is -2.27. The Kier molecular flexibility index (Phi) is 5.27. The molecule has 4 heteroatoms. The van der Waals surface area contributed by atoms with Crippen molar-refractivity contribution < 1.29 is 14.3 Å². The molecule has 1 aliphatic rings. The molecule has 20 heavy (non-hydrogen) atoms. The molecule has 0 saturated heterocycles. The number of nitrogen functional groups attached to an aromatic ring is 1. The van der Waals surface area contributed by atoms with Gasteiger partial charge in [0.25, 0.3) is 0 Å². The molecule has 0 amide bonds. The highest BCUT2D eigenvalue weighted by Crippen LogP contribution is 2.28. The fraction of sp³-hybridized carbons (Fsp3) is 0.562. The van der Waals surface area contributed by atoms with Crippen molar-refractivity contribution >= 4 is 11.7 Å². The van der Waals surface area contributed by atoms with Gasteiger partial charge in [0.2, 0.25) is 0 Å². The van der Waals surface area contributed by atoms with Crippen LogP contribution in [0.3, 0.4) is 0 Å². The Morgan fingerprint density at radius 2 is 2.05 bits per heavy atom. The second kappa shape index (κ2) is 7.17. The van der Waals surface area contributed by atoms with Gasteiger partial charge < -0.3 is 15.2 Å². The second-order valence-corrected chi connectivity index (χ2v) is 5.41. The minimum atomic E-state index is -0.288. The average Bonchev–Trinajstić information content (AvgIpc) is 2.47. The first kappa shape index (κ1) is 14.7. The molecule has 0 aliphatic heterocycles. The number of carbonyl (C=O) groups is 1. The summed E-state index contributed by atoms with van der Waals surface area (Å²) >= 11 is 0. The number of hydrogen-bond acceptors (Lipinski definition) is 4. The standard InChI is InChI=1S/C16H23NO3/c1-2-12-4-3-5-15(10-12)20-16(18)11-19-14-8-6-13(17)7-9-14/h6-9,12,15H,2-5,10-11,17H2,1H3. The van der Waals surface area contributed by atoms with E-state index in [-0.39, 0.29) is 18.7 Å². The van der Waals surface area contributed by atoms with Crippen molar-refractivity contribution in [2.24, 2.45) is 5.92 Å². The zero-order valence-electron chi connectivity index (χ0n) is 12.0. The van der Waals surface area contributed by atoms with Crippen molar-refractivity contribution in [1.29, 1.82) is 0 Å². The highest BCUT2D eigenvalue weighted by molar-refractivity contribution is 5.71. The van der Waals surface area contributed by atoms with Gasteiger partial charge in [-0.3, -0.25) is 0 Å². The van der Waals surface area contributed by atoms with Gasteiger partial charge in [-0.15, -0.1) is 0 Å². The summed E-state index contributed by atoms with van der Waals surface area (Å²) in [5.74, 6) is 1.04. The number of nitrogens with two attached hydrogens (primary N) is 1. The van der Waals surface area contributed by atoms with Crippen LogP contribution in [0.15, 0.2) is 24.3 Å². The minimum Gasteiger partial charge on any atom is -0.482 e. The lowest BCUT2D eigenvalue weighted by atomic mass is 9.85. The van der Waals surface area contributed by atoms with E-state index in [0.29, 0.717) is 17.4 Å². The molecule has 2 rings (SSSR count). The van der Waals surface area contributed by atoms with Gasteiger partial charge >= 0.3 is 5.97 Å². The summed E-state index contributed by atoms with van der Waals surface area (Å²) in [6.07, 6.45) is 5.60. The number of esters is 1. The predicted octanol–water partition coefficient (Wildman–Crippen LogP) is 3.16. The van der Waals surface area contributed by atoms with Gasteiger partial charge in [0.15, 0.2) is 6.61 Å². The van der Waals surface area contributed by atoms with Crippen LogP contribution in [0.1, 0.15) is 39.0 Å². The number of carbonyl (C=O) groups excluding carboxylic acids is 1. The van der Waals surface area contributed by atoms with Gasteiger partial charge in [0.1, 0.15) is 11.9 Å². The van der Waals surface area contributed by atoms with Crippen molar-refractivity contribution in [3.8, 4) is 5.75 Å². The van der Waals surface area contributed by atoms with E-state index in [0.717, 1.165) is 25.7 Å². The highest BCUT2D eigenvalue weighted by Gasteiger charge is 2.23. The summed E-state index contributed by atoms with van der Waals surface area (Å²) in [5.41, 5.74) is 6.26. The maximum absolute atomic E-state index is 11.8. The van der Waals surface area contributed by atoms with Crippen molar-refractivity contribution in [1.82, 2.24) is 0 Å². The maximum Gasteiger partial charge on any atom is 0.344 e. The SMILES string of the molecule is CCC1CCCC(OC(=O)COc2ccc(N)cc2)C1. The third kappa shape index (κ3) is 4.44. The zero-order chi connectivity index (χ0) is 14.4. The predicted molar refractivity (Wildman–Crippen MR) is 78.5 cm³/mol.